The van der Waals surface area contributed by atoms with Gasteiger partial charge in [-0.2, -0.15) is 0 Å². The molecule has 0 unspecified atom stereocenters. The Balaban J connectivity index is 2.03. The molecule has 0 aliphatic carbocycles. The number of pyridine rings is 1. The van der Waals surface area contributed by atoms with E-state index in [0.717, 1.165) is 40.7 Å². The van der Waals surface area contributed by atoms with Crippen LogP contribution in [0.25, 0.3) is 10.9 Å². The van der Waals surface area contributed by atoms with Gasteiger partial charge in [-0.25, -0.2) is 4.98 Å². The largest absolute Gasteiger partial charge is 0.485 e. The first kappa shape index (κ1) is 18.4. The molecule has 2 N–H and O–H groups in total. The van der Waals surface area contributed by atoms with Gasteiger partial charge in [0.05, 0.1) is 11.6 Å². The van der Waals surface area contributed by atoms with Crippen LogP contribution in [-0.4, -0.2) is 28.3 Å². The number of aliphatic hydroxyl groups excluding tert-OH is 1. The van der Waals surface area contributed by atoms with Gasteiger partial charge in [-0.15, -0.1) is 0 Å². The molecular formula is C20H27ClN2O2. The van der Waals surface area contributed by atoms with Gasteiger partial charge in [0.15, 0.2) is 0 Å². The topological polar surface area (TPSA) is 54.4 Å². The fourth-order valence-electron chi connectivity index (χ4n) is 3.50. The first-order valence-corrected chi connectivity index (χ1v) is 9.42. The van der Waals surface area contributed by atoms with Crippen LogP contribution in [0.2, 0.25) is 5.15 Å². The lowest BCUT2D eigenvalue weighted by atomic mass is 9.85. The Morgan fingerprint density at radius 3 is 2.76 bits per heavy atom. The number of nitrogens with one attached hydrogen (secondary N) is 1. The number of fused-ring (bicyclic) bond motifs is 2. The number of hydrogen-bond donors (Lipinski definition) is 2. The van der Waals surface area contributed by atoms with E-state index in [1.807, 2.05) is 39.0 Å². The van der Waals surface area contributed by atoms with Gasteiger partial charge in [0, 0.05) is 10.9 Å². The Labute approximate surface area is 154 Å². The Morgan fingerprint density at radius 2 is 2.04 bits per heavy atom. The number of hydrogen-bond acceptors (Lipinski definition) is 4. The summed E-state index contributed by atoms with van der Waals surface area (Å²) in [7, 11) is 0. The van der Waals surface area contributed by atoms with E-state index in [9.17, 15) is 5.11 Å². The molecule has 0 saturated carbocycles. The first-order chi connectivity index (χ1) is 11.8. The second kappa shape index (κ2) is 7.10. The molecule has 0 radical (unpaired) electrons. The van der Waals surface area contributed by atoms with E-state index in [4.69, 9.17) is 16.3 Å². The van der Waals surface area contributed by atoms with E-state index < -0.39 is 11.7 Å². The minimum Gasteiger partial charge on any atom is -0.485 e. The number of ether oxygens (including phenoxy) is 1. The molecule has 2 aromatic rings. The number of unbranched alkanes of at least 4 members (excludes halogenated alkanes) is 2. The maximum Gasteiger partial charge on any atom is 0.131 e. The zero-order valence-electron chi connectivity index (χ0n) is 15.4. The van der Waals surface area contributed by atoms with Crippen molar-refractivity contribution in [3.8, 4) is 5.75 Å². The van der Waals surface area contributed by atoms with Gasteiger partial charge in [0.2, 0.25) is 0 Å². The molecule has 1 aromatic heterocycles. The highest BCUT2D eigenvalue weighted by Crippen LogP contribution is 2.42. The summed E-state index contributed by atoms with van der Waals surface area (Å²) in [5.41, 5.74) is 2.19. The van der Waals surface area contributed by atoms with E-state index in [0.29, 0.717) is 5.15 Å². The van der Waals surface area contributed by atoms with E-state index in [2.05, 4.69) is 17.2 Å². The van der Waals surface area contributed by atoms with Gasteiger partial charge < -0.3 is 15.2 Å². The predicted molar refractivity (Wildman–Crippen MR) is 102 cm³/mol. The van der Waals surface area contributed by atoms with Gasteiger partial charge >= 0.3 is 0 Å². The molecule has 25 heavy (non-hydrogen) atoms. The van der Waals surface area contributed by atoms with Crippen LogP contribution in [0.5, 0.6) is 5.75 Å². The molecule has 0 spiro atoms. The van der Waals surface area contributed by atoms with Crippen molar-refractivity contribution in [1.82, 2.24) is 10.3 Å². The average Bonchev–Trinajstić information content (AvgIpc) is 2.53. The van der Waals surface area contributed by atoms with Crippen molar-refractivity contribution < 1.29 is 9.84 Å². The van der Waals surface area contributed by atoms with Crippen LogP contribution in [0, 0.1) is 6.92 Å². The summed E-state index contributed by atoms with van der Waals surface area (Å²) >= 11 is 6.13. The zero-order chi connectivity index (χ0) is 18.2. The van der Waals surface area contributed by atoms with E-state index in [-0.39, 0.29) is 6.04 Å². The average molecular weight is 363 g/mol. The lowest BCUT2D eigenvalue weighted by molar-refractivity contribution is -0.0643. The predicted octanol–water partition coefficient (Wildman–Crippen LogP) is 4.55. The maximum atomic E-state index is 10.8. The van der Waals surface area contributed by atoms with Crippen LogP contribution in [0.1, 0.15) is 57.2 Å². The summed E-state index contributed by atoms with van der Waals surface area (Å²) in [6.45, 7) is 8.93. The van der Waals surface area contributed by atoms with Gasteiger partial charge in [-0.05, 0) is 57.5 Å². The van der Waals surface area contributed by atoms with Crippen molar-refractivity contribution in [2.75, 3.05) is 6.54 Å². The summed E-state index contributed by atoms with van der Waals surface area (Å²) in [6.07, 6.45) is 2.80. The highest BCUT2D eigenvalue weighted by molar-refractivity contribution is 6.29. The van der Waals surface area contributed by atoms with Gasteiger partial charge in [-0.3, -0.25) is 0 Å². The number of aryl methyl sites for hydroxylation is 1. The SMILES string of the molecule is CCCCCN[C@H]1c2cc3nc(Cl)cc(C)c3cc2OC(C)(C)[C@@H]1O. The second-order valence-electron chi connectivity index (χ2n) is 7.46. The van der Waals surface area contributed by atoms with E-state index >= 15 is 0 Å². The number of nitrogens with zero attached hydrogens (tertiary/aromatic N) is 1. The Morgan fingerprint density at radius 1 is 1.28 bits per heavy atom. The van der Waals surface area contributed by atoms with Gasteiger partial charge in [0.25, 0.3) is 0 Å². The maximum absolute atomic E-state index is 10.8. The fourth-order valence-corrected chi connectivity index (χ4v) is 3.75. The van der Waals surface area contributed by atoms with Crippen molar-refractivity contribution in [2.24, 2.45) is 0 Å². The molecule has 1 aliphatic heterocycles. The van der Waals surface area contributed by atoms with Crippen molar-refractivity contribution in [3.05, 3.63) is 34.5 Å². The third-order valence-electron chi connectivity index (χ3n) is 5.00. The highest BCUT2D eigenvalue weighted by atomic mass is 35.5. The highest BCUT2D eigenvalue weighted by Gasteiger charge is 2.42. The zero-order valence-corrected chi connectivity index (χ0v) is 16.2. The molecule has 136 valence electrons. The van der Waals surface area contributed by atoms with Gasteiger partial charge in [0.1, 0.15) is 22.6 Å². The molecule has 3 rings (SSSR count). The third kappa shape index (κ3) is 3.62. The second-order valence-corrected chi connectivity index (χ2v) is 7.85. The lowest BCUT2D eigenvalue weighted by Gasteiger charge is -2.42. The standard InChI is InChI=1S/C20H27ClN2O2/c1-5-6-7-8-22-18-14-10-15-13(12(2)9-17(21)23-15)11-16(14)25-20(3,4)19(18)24/h9-11,18-19,22,24H,5-8H2,1-4H3/t18-,19+/m0/s1. The van der Waals surface area contributed by atoms with Crippen LogP contribution in [0.3, 0.4) is 0 Å². The molecule has 0 amide bonds. The molecule has 0 fully saturated rings. The van der Waals surface area contributed by atoms with Crippen LogP contribution >= 0.6 is 11.6 Å². The minimum atomic E-state index is -0.656. The molecule has 5 heteroatoms. The first-order valence-electron chi connectivity index (χ1n) is 9.04. The lowest BCUT2D eigenvalue weighted by Crippen LogP contribution is -2.52. The molecule has 1 aliphatic rings. The smallest absolute Gasteiger partial charge is 0.131 e. The van der Waals surface area contributed by atoms with E-state index in [1.54, 1.807) is 0 Å². The van der Waals surface area contributed by atoms with Crippen molar-refractivity contribution >= 4 is 22.5 Å². The molecule has 1 aromatic carbocycles. The van der Waals surface area contributed by atoms with Gasteiger partial charge in [-0.1, -0.05) is 31.4 Å². The number of benzene rings is 1. The molecule has 0 bridgehead atoms. The third-order valence-corrected chi connectivity index (χ3v) is 5.19. The van der Waals surface area contributed by atoms with Crippen molar-refractivity contribution in [1.29, 1.82) is 0 Å². The van der Waals surface area contributed by atoms with Crippen LogP contribution < -0.4 is 10.1 Å². The summed E-state index contributed by atoms with van der Waals surface area (Å²) in [6, 6.07) is 5.71. The van der Waals surface area contributed by atoms with Crippen LogP contribution in [-0.2, 0) is 0 Å². The quantitative estimate of drug-likeness (QED) is 0.605. The fraction of sp³-hybridized carbons (Fsp3) is 0.550. The molecular weight excluding hydrogens is 336 g/mol. The molecule has 2 heterocycles. The van der Waals surface area contributed by atoms with Crippen molar-refractivity contribution in [2.45, 2.75) is 64.7 Å². The Hall–Kier alpha value is -1.36. The number of aliphatic hydroxyl groups is 1. The van der Waals surface area contributed by atoms with Crippen LogP contribution in [0.15, 0.2) is 18.2 Å². The Kier molecular flexibility index (Phi) is 5.24. The Bertz CT molecular complexity index is 776. The monoisotopic (exact) mass is 362 g/mol. The summed E-state index contributed by atoms with van der Waals surface area (Å²) in [5, 5.41) is 15.9. The molecule has 0 saturated heterocycles. The molecule has 4 nitrogen and oxygen atoms in total. The normalized spacial score (nSPS) is 21.8. The van der Waals surface area contributed by atoms with E-state index in [1.165, 1.54) is 12.8 Å². The summed E-state index contributed by atoms with van der Waals surface area (Å²) in [5.74, 6) is 0.808. The number of rotatable bonds is 5. The minimum absolute atomic E-state index is 0.180. The number of aromatic nitrogens is 1. The summed E-state index contributed by atoms with van der Waals surface area (Å²) < 4.78 is 6.13. The van der Waals surface area contributed by atoms with Crippen molar-refractivity contribution in [3.63, 3.8) is 0 Å². The number of halogens is 1. The van der Waals surface area contributed by atoms with Crippen LogP contribution in [0.4, 0.5) is 0 Å². The molecule has 2 atom stereocenters. The summed E-state index contributed by atoms with van der Waals surface area (Å²) in [4.78, 5) is 4.45.